The van der Waals surface area contributed by atoms with E-state index >= 15 is 0 Å². The number of nitrogens with zero attached hydrogens (tertiary/aromatic N) is 6. The Morgan fingerprint density at radius 2 is 1.83 bits per heavy atom. The fourth-order valence-electron chi connectivity index (χ4n) is 2.23. The van der Waals surface area contributed by atoms with Gasteiger partial charge in [0.15, 0.2) is 11.2 Å². The lowest BCUT2D eigenvalue weighted by Crippen LogP contribution is -2.37. The molecule has 3 rings (SSSR count). The molecule has 0 atom stereocenters. The van der Waals surface area contributed by atoms with Crippen LogP contribution in [0.5, 0.6) is 0 Å². The van der Waals surface area contributed by atoms with Crippen LogP contribution >= 0.6 is 0 Å². The summed E-state index contributed by atoms with van der Waals surface area (Å²) in [7, 11) is 6.75. The number of fused-ring (bicyclic) bond motifs is 2. The van der Waals surface area contributed by atoms with E-state index in [1.165, 1.54) is 11.6 Å². The van der Waals surface area contributed by atoms with Crippen LogP contribution in [-0.4, -0.2) is 44.4 Å². The largest absolute Gasteiger partial charge is 0.369 e. The van der Waals surface area contributed by atoms with Crippen LogP contribution in [0.4, 0.5) is 5.69 Å². The minimum absolute atomic E-state index is 0.173. The van der Waals surface area contributed by atoms with Crippen molar-refractivity contribution in [3.63, 3.8) is 0 Å². The van der Waals surface area contributed by atoms with Crippen molar-refractivity contribution < 1.29 is 0 Å². The summed E-state index contributed by atoms with van der Waals surface area (Å²) < 4.78 is 2.34. The zero-order valence-electron chi connectivity index (χ0n) is 13.3. The van der Waals surface area contributed by atoms with E-state index in [1.54, 1.807) is 31.6 Å². The van der Waals surface area contributed by atoms with E-state index < -0.39 is 11.2 Å². The second-order valence-corrected chi connectivity index (χ2v) is 5.48. The van der Waals surface area contributed by atoms with Crippen molar-refractivity contribution in [2.45, 2.75) is 0 Å². The summed E-state index contributed by atoms with van der Waals surface area (Å²) in [5, 5.41) is 0. The molecular formula is C15H16N6O2. The average molecular weight is 312 g/mol. The molecule has 0 amide bonds. The molecule has 23 heavy (non-hydrogen) atoms. The smallest absolute Gasteiger partial charge is 0.332 e. The molecule has 8 nitrogen and oxygen atoms in total. The van der Waals surface area contributed by atoms with Crippen LogP contribution in [0.2, 0.25) is 0 Å². The first-order chi connectivity index (χ1) is 10.9. The molecule has 3 aromatic rings. The van der Waals surface area contributed by atoms with E-state index in [9.17, 15) is 9.59 Å². The van der Waals surface area contributed by atoms with Crippen LogP contribution in [0.15, 0.2) is 32.8 Å². The van der Waals surface area contributed by atoms with Gasteiger partial charge in [0.2, 0.25) is 0 Å². The Morgan fingerprint density at radius 1 is 1.09 bits per heavy atom. The summed E-state index contributed by atoms with van der Waals surface area (Å²) in [4.78, 5) is 39.1. The summed E-state index contributed by atoms with van der Waals surface area (Å²) in [5.74, 6) is 0. The summed E-state index contributed by atoms with van der Waals surface area (Å²) in [6, 6.07) is 5.33. The highest BCUT2D eigenvalue weighted by Gasteiger charge is 2.12. The number of aryl methyl sites for hydroxylation is 1. The Morgan fingerprint density at radius 3 is 2.52 bits per heavy atom. The molecule has 118 valence electrons. The second-order valence-electron chi connectivity index (χ2n) is 5.48. The lowest BCUT2D eigenvalue weighted by Gasteiger charge is -2.07. The third-order valence-corrected chi connectivity index (χ3v) is 3.47. The Hall–Kier alpha value is -3.03. The zero-order chi connectivity index (χ0) is 16.7. The minimum atomic E-state index is -0.452. The number of rotatable bonds is 2. The molecule has 1 aromatic carbocycles. The monoisotopic (exact) mass is 312 g/mol. The topological polar surface area (TPSA) is 85.4 Å². The zero-order valence-corrected chi connectivity index (χ0v) is 13.3. The van der Waals surface area contributed by atoms with Gasteiger partial charge in [0.1, 0.15) is 0 Å². The molecule has 0 aliphatic rings. The summed E-state index contributed by atoms with van der Waals surface area (Å²) in [5.41, 5.74) is 1.43. The Bertz CT molecular complexity index is 1060. The van der Waals surface area contributed by atoms with Crippen molar-refractivity contribution in [3.05, 3.63) is 39.0 Å². The van der Waals surface area contributed by atoms with Gasteiger partial charge in [-0.1, -0.05) is 0 Å². The SMILES string of the molecule is CN(C)C=Nc1ccc2nc3c(=O)n(C)c(=O)n(C)c3nc2c1. The highest BCUT2D eigenvalue weighted by molar-refractivity contribution is 5.86. The summed E-state index contributed by atoms with van der Waals surface area (Å²) in [6.07, 6.45) is 1.68. The van der Waals surface area contributed by atoms with Gasteiger partial charge in [0.05, 0.1) is 23.1 Å². The quantitative estimate of drug-likeness (QED) is 0.388. The molecule has 0 aliphatic heterocycles. The van der Waals surface area contributed by atoms with Gasteiger partial charge < -0.3 is 4.90 Å². The van der Waals surface area contributed by atoms with E-state index in [0.29, 0.717) is 16.7 Å². The minimum Gasteiger partial charge on any atom is -0.369 e. The molecule has 0 saturated heterocycles. The van der Waals surface area contributed by atoms with Gasteiger partial charge in [0, 0.05) is 28.2 Å². The number of hydrogen-bond acceptors (Lipinski definition) is 5. The first kappa shape index (κ1) is 14.9. The van der Waals surface area contributed by atoms with Gasteiger partial charge in [-0.05, 0) is 18.2 Å². The van der Waals surface area contributed by atoms with Crippen molar-refractivity contribution in [1.82, 2.24) is 24.0 Å². The van der Waals surface area contributed by atoms with Crippen molar-refractivity contribution in [1.29, 1.82) is 0 Å². The molecule has 2 heterocycles. The summed E-state index contributed by atoms with van der Waals surface area (Å²) in [6.45, 7) is 0. The first-order valence-electron chi connectivity index (χ1n) is 6.96. The Balaban J connectivity index is 2.33. The molecule has 0 N–H and O–H groups in total. The Labute approximate surface area is 131 Å². The van der Waals surface area contributed by atoms with Crippen LogP contribution in [0.25, 0.3) is 22.2 Å². The molecule has 0 aliphatic carbocycles. The molecule has 2 aromatic heterocycles. The van der Waals surface area contributed by atoms with Crippen molar-refractivity contribution in [3.8, 4) is 0 Å². The van der Waals surface area contributed by atoms with E-state index in [0.717, 1.165) is 4.57 Å². The van der Waals surface area contributed by atoms with Gasteiger partial charge in [-0.15, -0.1) is 0 Å². The van der Waals surface area contributed by atoms with Crippen LogP contribution in [0.1, 0.15) is 0 Å². The predicted molar refractivity (Wildman–Crippen MR) is 89.4 cm³/mol. The molecule has 0 spiro atoms. The van der Waals surface area contributed by atoms with Crippen LogP contribution in [-0.2, 0) is 14.1 Å². The van der Waals surface area contributed by atoms with Gasteiger partial charge >= 0.3 is 5.69 Å². The Kier molecular flexibility index (Phi) is 3.44. The number of benzene rings is 1. The molecular weight excluding hydrogens is 296 g/mol. The van der Waals surface area contributed by atoms with Crippen molar-refractivity contribution in [2.24, 2.45) is 19.1 Å². The van der Waals surface area contributed by atoms with E-state index in [-0.39, 0.29) is 11.2 Å². The fraction of sp³-hybridized carbons (Fsp3) is 0.267. The number of aromatic nitrogens is 4. The molecule has 0 bridgehead atoms. The number of aliphatic imine (C=N–C) groups is 1. The second kappa shape index (κ2) is 5.31. The van der Waals surface area contributed by atoms with E-state index in [4.69, 9.17) is 0 Å². The highest BCUT2D eigenvalue weighted by atomic mass is 16.2. The van der Waals surface area contributed by atoms with Gasteiger partial charge in [-0.3, -0.25) is 13.9 Å². The van der Waals surface area contributed by atoms with Gasteiger partial charge in [0.25, 0.3) is 5.56 Å². The van der Waals surface area contributed by atoms with Gasteiger partial charge in [-0.2, -0.15) is 0 Å². The molecule has 0 fully saturated rings. The van der Waals surface area contributed by atoms with Crippen molar-refractivity contribution in [2.75, 3.05) is 14.1 Å². The van der Waals surface area contributed by atoms with Crippen LogP contribution < -0.4 is 11.2 Å². The first-order valence-corrected chi connectivity index (χ1v) is 6.96. The maximum atomic E-state index is 12.2. The normalized spacial score (nSPS) is 11.7. The standard InChI is InChI=1S/C15H16N6O2/c1-19(2)8-16-9-5-6-10-11(7-9)18-13-12(17-10)14(22)21(4)15(23)20(13)3/h5-8H,1-4H3. The third kappa shape index (κ3) is 2.48. The van der Waals surface area contributed by atoms with Crippen LogP contribution in [0.3, 0.4) is 0 Å². The van der Waals surface area contributed by atoms with Gasteiger partial charge in [-0.25, -0.2) is 19.8 Å². The number of hydrogen-bond donors (Lipinski definition) is 0. The fourth-order valence-corrected chi connectivity index (χ4v) is 2.23. The van der Waals surface area contributed by atoms with Crippen molar-refractivity contribution >= 4 is 34.2 Å². The molecule has 8 heteroatoms. The average Bonchev–Trinajstić information content (AvgIpc) is 2.54. The maximum Gasteiger partial charge on any atom is 0.332 e. The third-order valence-electron chi connectivity index (χ3n) is 3.47. The van der Waals surface area contributed by atoms with E-state index in [1.807, 2.05) is 19.0 Å². The molecule has 0 saturated carbocycles. The highest BCUT2D eigenvalue weighted by Crippen LogP contribution is 2.19. The lowest BCUT2D eigenvalue weighted by atomic mass is 10.2. The molecule has 0 radical (unpaired) electrons. The van der Waals surface area contributed by atoms with E-state index in [2.05, 4.69) is 15.0 Å². The molecule has 0 unspecified atom stereocenters. The predicted octanol–water partition coefficient (Wildman–Crippen LogP) is 0.402. The van der Waals surface area contributed by atoms with Crippen LogP contribution in [0, 0.1) is 0 Å². The summed E-state index contributed by atoms with van der Waals surface area (Å²) >= 11 is 0. The maximum absolute atomic E-state index is 12.2. The lowest BCUT2D eigenvalue weighted by molar-refractivity contribution is 0.643.